The van der Waals surface area contributed by atoms with Gasteiger partial charge in [-0.1, -0.05) is 30.3 Å². The lowest BCUT2D eigenvalue weighted by molar-refractivity contribution is -0.122. The van der Waals surface area contributed by atoms with E-state index in [9.17, 15) is 9.59 Å². The molecule has 0 saturated carbocycles. The maximum Gasteiger partial charge on any atom is 0.259 e. The Bertz CT molecular complexity index is 1320. The van der Waals surface area contributed by atoms with E-state index in [0.717, 1.165) is 27.4 Å². The van der Waals surface area contributed by atoms with E-state index in [0.29, 0.717) is 22.5 Å². The summed E-state index contributed by atoms with van der Waals surface area (Å²) in [6, 6.07) is 13.4. The highest BCUT2D eigenvalue weighted by molar-refractivity contribution is 6.50. The van der Waals surface area contributed by atoms with E-state index in [1.165, 1.54) is 0 Å². The molecule has 2 N–H and O–H groups in total. The number of carbonyl (C=O) groups is 2. The summed E-state index contributed by atoms with van der Waals surface area (Å²) >= 11 is 0. The van der Waals surface area contributed by atoms with Crippen molar-refractivity contribution < 1.29 is 14.3 Å². The standard InChI is InChI=1S/C22H17N3O3/c1-25-10-9-12-5-3-7-14(20(12)25)17-18(22(27)24-21(17)26)15-11-23-19-13(15)6-4-8-16(19)28-2/h3-11,23H,1-2H3,(H,24,26,27). The molecule has 0 saturated heterocycles. The quantitative estimate of drug-likeness (QED) is 0.543. The van der Waals surface area contributed by atoms with Crippen molar-refractivity contribution in [2.24, 2.45) is 7.05 Å². The topological polar surface area (TPSA) is 76.1 Å². The van der Waals surface area contributed by atoms with Crippen molar-refractivity contribution in [3.05, 3.63) is 66.0 Å². The number of ether oxygens (including phenoxy) is 1. The number of aromatic nitrogens is 2. The summed E-state index contributed by atoms with van der Waals surface area (Å²) in [6.45, 7) is 0. The zero-order valence-electron chi connectivity index (χ0n) is 15.4. The fraction of sp³-hybridized carbons (Fsp3) is 0.0909. The minimum atomic E-state index is -0.394. The van der Waals surface area contributed by atoms with Crippen LogP contribution in [0.4, 0.5) is 0 Å². The van der Waals surface area contributed by atoms with Crippen LogP contribution in [0.5, 0.6) is 5.75 Å². The van der Waals surface area contributed by atoms with Gasteiger partial charge in [0.2, 0.25) is 0 Å². The SMILES string of the molecule is COc1cccc2c(C3=C(c4cccc5ccn(C)c45)C(=O)NC3=O)c[nH]c12. The van der Waals surface area contributed by atoms with Gasteiger partial charge < -0.3 is 14.3 Å². The second-order valence-electron chi connectivity index (χ2n) is 6.79. The van der Waals surface area contributed by atoms with E-state index >= 15 is 0 Å². The average Bonchev–Trinajstić information content (AvgIpc) is 3.36. The van der Waals surface area contributed by atoms with Crippen LogP contribution in [0.1, 0.15) is 11.1 Å². The zero-order chi connectivity index (χ0) is 19.4. The maximum atomic E-state index is 12.8. The maximum absolute atomic E-state index is 12.8. The molecule has 1 aliphatic rings. The number of imide groups is 1. The molecule has 138 valence electrons. The summed E-state index contributed by atoms with van der Waals surface area (Å²) < 4.78 is 7.37. The van der Waals surface area contributed by atoms with Gasteiger partial charge in [0.05, 0.1) is 29.3 Å². The number of hydrogen-bond acceptors (Lipinski definition) is 3. The Morgan fingerprint density at radius 3 is 2.46 bits per heavy atom. The van der Waals surface area contributed by atoms with E-state index in [1.807, 2.05) is 60.3 Å². The number of amides is 2. The minimum absolute atomic E-state index is 0.373. The molecule has 1 aliphatic heterocycles. The normalized spacial score (nSPS) is 14.4. The van der Waals surface area contributed by atoms with Crippen LogP contribution >= 0.6 is 0 Å². The molecule has 3 heterocycles. The number of aryl methyl sites for hydroxylation is 1. The molecule has 0 radical (unpaired) electrons. The van der Waals surface area contributed by atoms with Gasteiger partial charge in [0.15, 0.2) is 0 Å². The van der Waals surface area contributed by atoms with Crippen LogP contribution in [0.15, 0.2) is 54.9 Å². The molecule has 6 heteroatoms. The molecule has 0 bridgehead atoms. The zero-order valence-corrected chi connectivity index (χ0v) is 15.4. The molecule has 5 rings (SSSR count). The summed E-state index contributed by atoms with van der Waals surface area (Å²) in [4.78, 5) is 28.8. The summed E-state index contributed by atoms with van der Waals surface area (Å²) in [5, 5.41) is 4.31. The second kappa shape index (κ2) is 5.85. The van der Waals surface area contributed by atoms with E-state index < -0.39 is 5.91 Å². The van der Waals surface area contributed by atoms with E-state index in [-0.39, 0.29) is 5.91 Å². The molecule has 0 atom stereocenters. The molecule has 0 aliphatic carbocycles. The lowest BCUT2D eigenvalue weighted by atomic mass is 9.94. The Morgan fingerprint density at radius 2 is 1.68 bits per heavy atom. The Morgan fingerprint density at radius 1 is 0.929 bits per heavy atom. The number of rotatable bonds is 3. The molecule has 0 unspecified atom stereocenters. The van der Waals surface area contributed by atoms with Crippen molar-refractivity contribution in [3.8, 4) is 5.75 Å². The Kier molecular flexibility index (Phi) is 3.42. The molecule has 0 spiro atoms. The summed E-state index contributed by atoms with van der Waals surface area (Å²) in [6.07, 6.45) is 3.70. The number of fused-ring (bicyclic) bond motifs is 2. The molecule has 0 fully saturated rings. The summed E-state index contributed by atoms with van der Waals surface area (Å²) in [5.74, 6) is -0.0963. The smallest absolute Gasteiger partial charge is 0.259 e. The van der Waals surface area contributed by atoms with E-state index in [4.69, 9.17) is 4.74 Å². The monoisotopic (exact) mass is 371 g/mol. The lowest BCUT2D eigenvalue weighted by Crippen LogP contribution is -2.22. The second-order valence-corrected chi connectivity index (χ2v) is 6.79. The number of nitrogens with one attached hydrogen (secondary N) is 2. The fourth-order valence-electron chi connectivity index (χ4n) is 4.03. The molecule has 2 amide bonds. The predicted molar refractivity (Wildman–Crippen MR) is 108 cm³/mol. The molecule has 2 aromatic carbocycles. The number of benzene rings is 2. The van der Waals surface area contributed by atoms with Gasteiger partial charge in [-0.15, -0.1) is 0 Å². The number of H-pyrrole nitrogens is 1. The third-order valence-electron chi connectivity index (χ3n) is 5.26. The summed E-state index contributed by atoms with van der Waals surface area (Å²) in [5.41, 5.74) is 3.88. The molecular formula is C22H17N3O3. The van der Waals surface area contributed by atoms with E-state index in [1.54, 1.807) is 13.3 Å². The minimum Gasteiger partial charge on any atom is -0.495 e. The van der Waals surface area contributed by atoms with Gasteiger partial charge in [0.1, 0.15) is 5.75 Å². The number of aromatic amines is 1. The third-order valence-corrected chi connectivity index (χ3v) is 5.26. The van der Waals surface area contributed by atoms with Crippen LogP contribution in [0, 0.1) is 0 Å². The number of carbonyl (C=O) groups excluding carboxylic acids is 2. The predicted octanol–water partition coefficient (Wildman–Crippen LogP) is 3.24. The van der Waals surface area contributed by atoms with Crippen molar-refractivity contribution >= 4 is 44.8 Å². The number of para-hydroxylation sites is 2. The van der Waals surface area contributed by atoms with Crippen molar-refractivity contribution in [1.82, 2.24) is 14.9 Å². The van der Waals surface area contributed by atoms with Crippen molar-refractivity contribution in [2.45, 2.75) is 0 Å². The van der Waals surface area contributed by atoms with Crippen molar-refractivity contribution in [1.29, 1.82) is 0 Å². The fourth-order valence-corrected chi connectivity index (χ4v) is 4.03. The first kappa shape index (κ1) is 16.4. The highest BCUT2D eigenvalue weighted by atomic mass is 16.5. The molecule has 4 aromatic rings. The van der Waals surface area contributed by atoms with Gasteiger partial charge in [0.25, 0.3) is 11.8 Å². The highest BCUT2D eigenvalue weighted by Gasteiger charge is 2.34. The van der Waals surface area contributed by atoms with Crippen LogP contribution in [-0.2, 0) is 16.6 Å². The van der Waals surface area contributed by atoms with Crippen LogP contribution in [0.3, 0.4) is 0 Å². The molecule has 28 heavy (non-hydrogen) atoms. The average molecular weight is 371 g/mol. The van der Waals surface area contributed by atoms with Gasteiger partial charge in [0, 0.05) is 41.3 Å². The van der Waals surface area contributed by atoms with Crippen molar-refractivity contribution in [2.75, 3.05) is 7.11 Å². The Balaban J connectivity index is 1.86. The largest absolute Gasteiger partial charge is 0.495 e. The van der Waals surface area contributed by atoms with Gasteiger partial charge >= 0.3 is 0 Å². The molecule has 2 aromatic heterocycles. The first-order valence-electron chi connectivity index (χ1n) is 8.89. The molecular weight excluding hydrogens is 354 g/mol. The van der Waals surface area contributed by atoms with Gasteiger partial charge in [-0.3, -0.25) is 14.9 Å². The van der Waals surface area contributed by atoms with Crippen LogP contribution < -0.4 is 10.1 Å². The number of nitrogens with zero attached hydrogens (tertiary/aromatic N) is 1. The van der Waals surface area contributed by atoms with Crippen LogP contribution in [0.2, 0.25) is 0 Å². The van der Waals surface area contributed by atoms with Gasteiger partial charge in [-0.2, -0.15) is 0 Å². The van der Waals surface area contributed by atoms with Gasteiger partial charge in [-0.05, 0) is 12.1 Å². The van der Waals surface area contributed by atoms with Crippen LogP contribution in [0.25, 0.3) is 33.0 Å². The first-order valence-corrected chi connectivity index (χ1v) is 8.89. The van der Waals surface area contributed by atoms with Crippen LogP contribution in [-0.4, -0.2) is 28.5 Å². The highest BCUT2D eigenvalue weighted by Crippen LogP contribution is 2.38. The number of hydrogen-bond donors (Lipinski definition) is 2. The Labute approximate surface area is 160 Å². The number of methoxy groups -OCH3 is 1. The van der Waals surface area contributed by atoms with E-state index in [2.05, 4.69) is 10.3 Å². The summed E-state index contributed by atoms with van der Waals surface area (Å²) in [7, 11) is 3.53. The van der Waals surface area contributed by atoms with Crippen molar-refractivity contribution in [3.63, 3.8) is 0 Å². The molecule has 6 nitrogen and oxygen atoms in total. The third kappa shape index (κ3) is 2.15. The lowest BCUT2D eigenvalue weighted by Gasteiger charge is -2.08. The Hall–Kier alpha value is -3.80. The van der Waals surface area contributed by atoms with Gasteiger partial charge in [-0.25, -0.2) is 0 Å². The first-order chi connectivity index (χ1) is 13.6.